The molecule has 2 aromatic rings. The molecule has 0 saturated carbocycles. The quantitative estimate of drug-likeness (QED) is 0.285. The zero-order valence-electron chi connectivity index (χ0n) is 14.0. The first-order chi connectivity index (χ1) is 11.9. The molecule has 0 aliphatic rings. The molecule has 0 bridgehead atoms. The third-order valence-electron chi connectivity index (χ3n) is 3.66. The van der Waals surface area contributed by atoms with Crippen LogP contribution in [0.1, 0.15) is 25.0 Å². The summed E-state index contributed by atoms with van der Waals surface area (Å²) in [7, 11) is 0. The molecule has 2 aromatic carbocycles. The topological polar surface area (TPSA) is 89.3 Å². The highest BCUT2D eigenvalue weighted by Gasteiger charge is 2.15. The van der Waals surface area contributed by atoms with Crippen LogP contribution in [-0.2, 0) is 16.0 Å². The van der Waals surface area contributed by atoms with Gasteiger partial charge in [-0.3, -0.25) is 19.7 Å². The lowest BCUT2D eigenvalue weighted by Crippen LogP contribution is -2.18. The largest absolute Gasteiger partial charge is 0.322 e. The van der Waals surface area contributed by atoms with Crippen LogP contribution in [0, 0.1) is 10.1 Å². The maximum atomic E-state index is 12.4. The fourth-order valence-corrected chi connectivity index (χ4v) is 2.21. The molecule has 25 heavy (non-hydrogen) atoms. The van der Waals surface area contributed by atoms with Gasteiger partial charge >= 0.3 is 0 Å². The normalized spacial score (nSPS) is 11.0. The first kappa shape index (κ1) is 18.1. The van der Waals surface area contributed by atoms with Gasteiger partial charge in [0, 0.05) is 17.8 Å². The summed E-state index contributed by atoms with van der Waals surface area (Å²) in [4.78, 5) is 34.3. The molecule has 0 aromatic heterocycles. The average Bonchev–Trinajstić information content (AvgIpc) is 2.60. The van der Waals surface area contributed by atoms with Gasteiger partial charge in [-0.05, 0) is 42.7 Å². The number of rotatable bonds is 6. The molecule has 0 aliphatic carbocycles. The first-order valence-electron chi connectivity index (χ1n) is 7.78. The predicted molar refractivity (Wildman–Crippen MR) is 96.2 cm³/mol. The van der Waals surface area contributed by atoms with Crippen LogP contribution in [0.15, 0.2) is 54.1 Å². The lowest BCUT2D eigenvalue weighted by molar-refractivity contribution is -0.384. The van der Waals surface area contributed by atoms with E-state index in [4.69, 9.17) is 0 Å². The summed E-state index contributed by atoms with van der Waals surface area (Å²) >= 11 is 0. The highest BCUT2D eigenvalue weighted by atomic mass is 16.6. The highest BCUT2D eigenvalue weighted by Crippen LogP contribution is 2.17. The number of Topliss-reactive ketones (excluding diaryl/α,β-unsaturated/α-hetero) is 1. The fourth-order valence-electron chi connectivity index (χ4n) is 2.21. The van der Waals surface area contributed by atoms with Crippen molar-refractivity contribution in [2.75, 3.05) is 5.32 Å². The monoisotopic (exact) mass is 338 g/mol. The molecule has 2 rings (SSSR count). The second-order valence-corrected chi connectivity index (χ2v) is 5.47. The summed E-state index contributed by atoms with van der Waals surface area (Å²) in [6.07, 6.45) is 2.44. The van der Waals surface area contributed by atoms with E-state index in [1.807, 2.05) is 31.2 Å². The van der Waals surface area contributed by atoms with Gasteiger partial charge in [0.15, 0.2) is 5.78 Å². The molecule has 128 valence electrons. The zero-order chi connectivity index (χ0) is 18.4. The van der Waals surface area contributed by atoms with E-state index in [0.717, 1.165) is 17.5 Å². The summed E-state index contributed by atoms with van der Waals surface area (Å²) in [6, 6.07) is 13.0. The SMILES string of the molecule is CCc1ccc(/C=C(\C(C)=O)C(=O)Nc2ccc([N+](=O)[O-])cc2)cc1. The Kier molecular flexibility index (Phi) is 5.79. The van der Waals surface area contributed by atoms with Crippen LogP contribution < -0.4 is 5.32 Å². The number of nitro benzene ring substituents is 1. The van der Waals surface area contributed by atoms with Gasteiger partial charge in [0.2, 0.25) is 0 Å². The number of carbonyl (C=O) groups excluding carboxylic acids is 2. The van der Waals surface area contributed by atoms with Gasteiger partial charge in [-0.15, -0.1) is 0 Å². The average molecular weight is 338 g/mol. The van der Waals surface area contributed by atoms with Gasteiger partial charge in [-0.2, -0.15) is 0 Å². The molecule has 0 fully saturated rings. The molecule has 1 N–H and O–H groups in total. The summed E-state index contributed by atoms with van der Waals surface area (Å²) in [5, 5.41) is 13.2. The third kappa shape index (κ3) is 4.84. The highest BCUT2D eigenvalue weighted by molar-refractivity contribution is 6.25. The Balaban J connectivity index is 2.20. The zero-order valence-corrected chi connectivity index (χ0v) is 14.0. The summed E-state index contributed by atoms with van der Waals surface area (Å²) in [5.74, 6) is -0.917. The first-order valence-corrected chi connectivity index (χ1v) is 7.78. The smallest absolute Gasteiger partial charge is 0.269 e. The number of nitro groups is 1. The minimum atomic E-state index is -0.555. The number of carbonyl (C=O) groups is 2. The van der Waals surface area contributed by atoms with Crippen LogP contribution in [0.4, 0.5) is 11.4 Å². The number of hydrogen-bond acceptors (Lipinski definition) is 4. The number of anilines is 1. The Morgan fingerprint density at radius 1 is 1.08 bits per heavy atom. The Bertz CT molecular complexity index is 822. The van der Waals surface area contributed by atoms with E-state index in [9.17, 15) is 19.7 Å². The van der Waals surface area contributed by atoms with E-state index in [0.29, 0.717) is 5.69 Å². The van der Waals surface area contributed by atoms with E-state index >= 15 is 0 Å². The summed E-state index contributed by atoms with van der Waals surface area (Å²) < 4.78 is 0. The Hall–Kier alpha value is -3.28. The molecular weight excluding hydrogens is 320 g/mol. The van der Waals surface area contributed by atoms with Crippen LogP contribution in [0.2, 0.25) is 0 Å². The second kappa shape index (κ2) is 8.01. The number of nitrogens with one attached hydrogen (secondary N) is 1. The molecular formula is C19H18N2O4. The molecule has 0 unspecified atom stereocenters. The number of nitrogens with zero attached hydrogens (tertiary/aromatic N) is 1. The van der Waals surface area contributed by atoms with Gasteiger partial charge in [-0.1, -0.05) is 31.2 Å². The molecule has 6 nitrogen and oxygen atoms in total. The predicted octanol–water partition coefficient (Wildman–Crippen LogP) is 3.77. The molecule has 0 spiro atoms. The van der Waals surface area contributed by atoms with E-state index in [2.05, 4.69) is 5.32 Å². The van der Waals surface area contributed by atoms with Crippen molar-refractivity contribution in [3.05, 3.63) is 75.3 Å². The molecule has 0 heterocycles. The van der Waals surface area contributed by atoms with Crippen molar-refractivity contribution in [3.63, 3.8) is 0 Å². The van der Waals surface area contributed by atoms with E-state index in [-0.39, 0.29) is 17.0 Å². The number of ketones is 1. The maximum Gasteiger partial charge on any atom is 0.269 e. The molecule has 6 heteroatoms. The maximum absolute atomic E-state index is 12.4. The van der Waals surface area contributed by atoms with Crippen LogP contribution in [0.25, 0.3) is 6.08 Å². The van der Waals surface area contributed by atoms with Gasteiger partial charge in [-0.25, -0.2) is 0 Å². The minimum absolute atomic E-state index is 0.0163. The van der Waals surface area contributed by atoms with Crippen LogP contribution in [0.3, 0.4) is 0 Å². The summed E-state index contributed by atoms with van der Waals surface area (Å²) in [6.45, 7) is 3.37. The second-order valence-electron chi connectivity index (χ2n) is 5.47. The van der Waals surface area contributed by atoms with E-state index in [1.165, 1.54) is 37.3 Å². The number of amides is 1. The fraction of sp³-hybridized carbons (Fsp3) is 0.158. The summed E-state index contributed by atoms with van der Waals surface area (Å²) in [5.41, 5.74) is 2.24. The third-order valence-corrected chi connectivity index (χ3v) is 3.66. The van der Waals surface area contributed by atoms with Crippen LogP contribution in [-0.4, -0.2) is 16.6 Å². The molecule has 0 atom stereocenters. The van der Waals surface area contributed by atoms with Gasteiger partial charge < -0.3 is 5.32 Å². The molecule has 0 aliphatic heterocycles. The van der Waals surface area contributed by atoms with Crippen molar-refractivity contribution in [3.8, 4) is 0 Å². The van der Waals surface area contributed by atoms with Crippen molar-refractivity contribution in [1.29, 1.82) is 0 Å². The van der Waals surface area contributed by atoms with Gasteiger partial charge in [0.25, 0.3) is 11.6 Å². The number of aryl methyl sites for hydroxylation is 1. The molecule has 1 amide bonds. The minimum Gasteiger partial charge on any atom is -0.322 e. The van der Waals surface area contributed by atoms with E-state index < -0.39 is 10.8 Å². The Morgan fingerprint density at radius 3 is 2.16 bits per heavy atom. The molecule has 0 radical (unpaired) electrons. The lowest BCUT2D eigenvalue weighted by atomic mass is 10.0. The van der Waals surface area contributed by atoms with Crippen LogP contribution in [0.5, 0.6) is 0 Å². The number of hydrogen-bond donors (Lipinski definition) is 1. The Morgan fingerprint density at radius 2 is 1.68 bits per heavy atom. The van der Waals surface area contributed by atoms with E-state index in [1.54, 1.807) is 0 Å². The van der Waals surface area contributed by atoms with Crippen molar-refractivity contribution in [2.45, 2.75) is 20.3 Å². The van der Waals surface area contributed by atoms with Crippen molar-refractivity contribution < 1.29 is 14.5 Å². The van der Waals surface area contributed by atoms with Crippen molar-refractivity contribution in [1.82, 2.24) is 0 Å². The Labute approximate surface area is 145 Å². The molecule has 0 saturated heterocycles. The number of non-ortho nitro benzene ring substituents is 1. The van der Waals surface area contributed by atoms with Gasteiger partial charge in [0.05, 0.1) is 10.5 Å². The van der Waals surface area contributed by atoms with Gasteiger partial charge in [0.1, 0.15) is 0 Å². The van der Waals surface area contributed by atoms with Crippen molar-refractivity contribution >= 4 is 29.1 Å². The van der Waals surface area contributed by atoms with Crippen LogP contribution >= 0.6 is 0 Å². The standard InChI is InChI=1S/C19H18N2O4/c1-3-14-4-6-15(7-5-14)12-18(13(2)22)19(23)20-16-8-10-17(11-9-16)21(24)25/h4-12H,3H2,1-2H3,(H,20,23)/b18-12+. The lowest BCUT2D eigenvalue weighted by Gasteiger charge is -2.07. The van der Waals surface area contributed by atoms with Crippen molar-refractivity contribution in [2.24, 2.45) is 0 Å². The number of benzene rings is 2.